The molecule has 2 aromatic heterocycles. The van der Waals surface area contributed by atoms with E-state index in [1.807, 2.05) is 0 Å². The molecule has 1 aliphatic heterocycles. The minimum absolute atomic E-state index is 0.0213. The zero-order valence-electron chi connectivity index (χ0n) is 14.9. The first-order valence-corrected chi connectivity index (χ1v) is 8.46. The Bertz CT molecular complexity index is 1080. The molecule has 28 heavy (non-hydrogen) atoms. The minimum Gasteiger partial charge on any atom is -0.472 e. The van der Waals surface area contributed by atoms with Crippen LogP contribution in [0.2, 0.25) is 0 Å². The third kappa shape index (κ3) is 2.57. The van der Waals surface area contributed by atoms with Crippen molar-refractivity contribution in [2.24, 2.45) is 10.7 Å². The lowest BCUT2D eigenvalue weighted by molar-refractivity contribution is -0.129. The molecule has 2 N–H and O–H groups in total. The number of halogens is 2. The number of likely N-dealkylation sites (N-methyl/N-ethyl adjacent to an activating group) is 1. The number of furan rings is 1. The Balaban J connectivity index is 2.01. The number of aromatic nitrogens is 1. The van der Waals surface area contributed by atoms with Gasteiger partial charge in [-0.2, -0.15) is 0 Å². The number of hydrogen-bond acceptors (Lipinski definition) is 5. The zero-order valence-corrected chi connectivity index (χ0v) is 14.9. The summed E-state index contributed by atoms with van der Waals surface area (Å²) in [6.45, 7) is -0.829. The molecule has 0 spiro atoms. The van der Waals surface area contributed by atoms with Crippen molar-refractivity contribution < 1.29 is 18.0 Å². The van der Waals surface area contributed by atoms with Crippen LogP contribution in [0.5, 0.6) is 0 Å². The molecule has 3 heterocycles. The Hall–Kier alpha value is -3.55. The predicted molar refractivity (Wildman–Crippen MR) is 98.3 cm³/mol. The summed E-state index contributed by atoms with van der Waals surface area (Å²) in [6, 6.07) is 10.6. The third-order valence-electron chi connectivity index (χ3n) is 4.77. The van der Waals surface area contributed by atoms with Crippen LogP contribution in [0.3, 0.4) is 0 Å². The van der Waals surface area contributed by atoms with Gasteiger partial charge in [0.15, 0.2) is 5.96 Å². The molecule has 0 saturated carbocycles. The lowest BCUT2D eigenvalue weighted by atomic mass is 9.84. The second kappa shape index (κ2) is 6.56. The molecule has 3 aromatic rings. The third-order valence-corrected chi connectivity index (χ3v) is 4.77. The van der Waals surface area contributed by atoms with Crippen molar-refractivity contribution in [1.82, 2.24) is 9.88 Å². The number of hydrogen-bond donors (Lipinski definition) is 1. The van der Waals surface area contributed by atoms with Gasteiger partial charge in [0.2, 0.25) is 5.54 Å². The second-order valence-electron chi connectivity index (χ2n) is 6.40. The summed E-state index contributed by atoms with van der Waals surface area (Å²) >= 11 is 0. The zero-order chi connectivity index (χ0) is 19.9. The van der Waals surface area contributed by atoms with Crippen molar-refractivity contribution in [1.29, 1.82) is 0 Å². The van der Waals surface area contributed by atoms with E-state index < -0.39 is 23.9 Å². The van der Waals surface area contributed by atoms with Crippen LogP contribution >= 0.6 is 0 Å². The first-order valence-electron chi connectivity index (χ1n) is 8.46. The molecule has 1 aliphatic rings. The Morgan fingerprint density at radius 3 is 2.68 bits per heavy atom. The average molecular weight is 382 g/mol. The number of amides is 1. The Kier molecular flexibility index (Phi) is 4.18. The molecular formula is C20H16F2N4O2. The first kappa shape index (κ1) is 17.8. The Labute approximate surface area is 159 Å². The molecule has 1 unspecified atom stereocenters. The van der Waals surface area contributed by atoms with Gasteiger partial charge in [0.05, 0.1) is 23.9 Å². The second-order valence-corrected chi connectivity index (χ2v) is 6.40. The van der Waals surface area contributed by atoms with Gasteiger partial charge in [-0.1, -0.05) is 12.1 Å². The number of nitrogens with two attached hydrogens (primary N) is 1. The Morgan fingerprint density at radius 2 is 2.04 bits per heavy atom. The van der Waals surface area contributed by atoms with Crippen LogP contribution in [0.1, 0.15) is 17.0 Å². The van der Waals surface area contributed by atoms with E-state index >= 15 is 0 Å². The summed E-state index contributed by atoms with van der Waals surface area (Å²) in [5.74, 6) is -1.30. The van der Waals surface area contributed by atoms with Gasteiger partial charge in [0, 0.05) is 18.2 Å². The van der Waals surface area contributed by atoms with E-state index in [2.05, 4.69) is 9.98 Å². The van der Waals surface area contributed by atoms with Crippen LogP contribution in [0.4, 0.5) is 8.78 Å². The Morgan fingerprint density at radius 1 is 1.21 bits per heavy atom. The van der Waals surface area contributed by atoms with Crippen molar-refractivity contribution in [3.8, 4) is 11.1 Å². The van der Waals surface area contributed by atoms with Gasteiger partial charge in [-0.05, 0) is 35.9 Å². The maximum Gasteiger partial charge on any atom is 0.268 e. The van der Waals surface area contributed by atoms with Crippen LogP contribution in [-0.2, 0) is 17.0 Å². The maximum atomic E-state index is 15.0. The van der Waals surface area contributed by atoms with Gasteiger partial charge in [0.25, 0.3) is 5.91 Å². The summed E-state index contributed by atoms with van der Waals surface area (Å²) in [7, 11) is 1.44. The van der Waals surface area contributed by atoms with Gasteiger partial charge in [-0.3, -0.25) is 14.7 Å². The number of carbonyl (C=O) groups excluding carboxylic acids is 1. The molecule has 1 aromatic carbocycles. The van der Waals surface area contributed by atoms with Crippen molar-refractivity contribution in [3.05, 3.63) is 77.8 Å². The first-order chi connectivity index (χ1) is 13.5. The highest BCUT2D eigenvalue weighted by atomic mass is 19.1. The summed E-state index contributed by atoms with van der Waals surface area (Å²) in [5, 5.41) is 0. The summed E-state index contributed by atoms with van der Waals surface area (Å²) in [5.41, 5.74) is 5.57. The van der Waals surface area contributed by atoms with Crippen LogP contribution in [0, 0.1) is 5.82 Å². The molecule has 4 rings (SSSR count). The molecule has 6 nitrogen and oxygen atoms in total. The van der Waals surface area contributed by atoms with E-state index in [9.17, 15) is 13.6 Å². The van der Waals surface area contributed by atoms with Crippen molar-refractivity contribution in [3.63, 3.8) is 0 Å². The van der Waals surface area contributed by atoms with Crippen molar-refractivity contribution in [2.75, 3.05) is 7.05 Å². The van der Waals surface area contributed by atoms with E-state index in [-0.39, 0.29) is 22.9 Å². The van der Waals surface area contributed by atoms with Crippen LogP contribution < -0.4 is 5.73 Å². The highest BCUT2D eigenvalue weighted by molar-refractivity contribution is 6.08. The normalized spacial score (nSPS) is 19.2. The largest absolute Gasteiger partial charge is 0.472 e. The molecular weight excluding hydrogens is 366 g/mol. The smallest absolute Gasteiger partial charge is 0.268 e. The van der Waals surface area contributed by atoms with Gasteiger partial charge < -0.3 is 10.2 Å². The average Bonchev–Trinajstić information content (AvgIpc) is 3.32. The minimum atomic E-state index is -1.84. The topological polar surface area (TPSA) is 84.7 Å². The van der Waals surface area contributed by atoms with Crippen LogP contribution in [-0.4, -0.2) is 28.8 Å². The molecule has 0 fully saturated rings. The van der Waals surface area contributed by atoms with Gasteiger partial charge >= 0.3 is 0 Å². The molecule has 0 radical (unpaired) electrons. The van der Waals surface area contributed by atoms with E-state index in [1.54, 1.807) is 18.2 Å². The fourth-order valence-electron chi connectivity index (χ4n) is 3.29. The van der Waals surface area contributed by atoms with E-state index in [4.69, 9.17) is 10.2 Å². The highest BCUT2D eigenvalue weighted by Gasteiger charge is 2.52. The quantitative estimate of drug-likeness (QED) is 0.752. The number of pyridine rings is 1. The summed E-state index contributed by atoms with van der Waals surface area (Å²) in [6.07, 6.45) is 3.00. The van der Waals surface area contributed by atoms with E-state index in [0.717, 1.165) is 4.90 Å². The fraction of sp³-hybridized carbons (Fsp3) is 0.150. The highest BCUT2D eigenvalue weighted by Crippen LogP contribution is 2.41. The monoisotopic (exact) mass is 382 g/mol. The summed E-state index contributed by atoms with van der Waals surface area (Å²) in [4.78, 5) is 22.8. The number of alkyl halides is 1. The molecule has 1 amide bonds. The molecule has 0 aliphatic carbocycles. The van der Waals surface area contributed by atoms with E-state index in [1.165, 1.54) is 43.8 Å². The molecule has 0 saturated heterocycles. The van der Waals surface area contributed by atoms with Crippen LogP contribution in [0.25, 0.3) is 11.1 Å². The lowest BCUT2D eigenvalue weighted by Crippen LogP contribution is -2.42. The lowest BCUT2D eigenvalue weighted by Gasteiger charge is -2.26. The molecule has 142 valence electrons. The van der Waals surface area contributed by atoms with Crippen molar-refractivity contribution >= 4 is 11.9 Å². The molecule has 1 atom stereocenters. The molecule has 8 heteroatoms. The van der Waals surface area contributed by atoms with Crippen LogP contribution in [0.15, 0.2) is 64.4 Å². The number of nitrogens with zero attached hydrogens (tertiary/aromatic N) is 3. The summed E-state index contributed by atoms with van der Waals surface area (Å²) < 4.78 is 33.3. The van der Waals surface area contributed by atoms with E-state index in [0.29, 0.717) is 11.1 Å². The predicted octanol–water partition coefficient (Wildman–Crippen LogP) is 2.98. The number of aliphatic imine (C=N–C) groups is 1. The van der Waals surface area contributed by atoms with Gasteiger partial charge in [-0.25, -0.2) is 13.8 Å². The van der Waals surface area contributed by atoms with Crippen molar-refractivity contribution in [2.45, 2.75) is 12.2 Å². The maximum absolute atomic E-state index is 15.0. The van der Waals surface area contributed by atoms with Gasteiger partial charge in [0.1, 0.15) is 12.5 Å². The number of carbonyl (C=O) groups is 1. The standard InChI is InChI=1S/C20H16F2N4O2/c1-26-18(27)20(25-19(26)23,17-4-2-3-14(10-21)24-17)15-9-12(5-6-16(15)22)13-7-8-28-11-13/h2-9,11H,10H2,1H3,(H2,23,25). The number of guanidine groups is 1. The SMILES string of the molecule is CN1C(=O)C(c2cccc(CF)n2)(c2cc(-c3ccoc3)ccc2F)N=C1N. The number of benzene rings is 1. The fourth-order valence-corrected chi connectivity index (χ4v) is 3.29. The van der Waals surface area contributed by atoms with Gasteiger partial charge in [-0.15, -0.1) is 0 Å². The molecule has 0 bridgehead atoms. The number of rotatable bonds is 4.